The first-order valence-corrected chi connectivity index (χ1v) is 14.3. The van der Waals surface area contributed by atoms with E-state index in [1.807, 2.05) is 18.2 Å². The maximum atomic E-state index is 13.4. The molecule has 1 aliphatic rings. The molecule has 5 rings (SSSR count). The summed E-state index contributed by atoms with van der Waals surface area (Å²) in [6.07, 6.45) is 0.784. The Labute approximate surface area is 240 Å². The lowest BCUT2D eigenvalue weighted by Gasteiger charge is -2.10. The van der Waals surface area contributed by atoms with E-state index in [1.165, 1.54) is 29.8 Å². The van der Waals surface area contributed by atoms with Crippen LogP contribution in [0.15, 0.2) is 101 Å². The first kappa shape index (κ1) is 28.8. The molecule has 12 heteroatoms. The van der Waals surface area contributed by atoms with Gasteiger partial charge < -0.3 is 15.4 Å². The van der Waals surface area contributed by atoms with Crippen LogP contribution < -0.4 is 15.4 Å². The highest BCUT2D eigenvalue weighted by molar-refractivity contribution is 7.89. The Morgan fingerprint density at radius 1 is 0.833 bits per heavy atom. The number of carbonyl (C=O) groups excluding carboxylic acids is 1. The van der Waals surface area contributed by atoms with Crippen LogP contribution in [0.2, 0.25) is 0 Å². The molecule has 1 aliphatic heterocycles. The van der Waals surface area contributed by atoms with Crippen molar-refractivity contribution in [2.75, 3.05) is 17.2 Å². The number of amides is 2. The number of anilines is 2. The van der Waals surface area contributed by atoms with Gasteiger partial charge in [0.2, 0.25) is 15.9 Å². The lowest BCUT2D eigenvalue weighted by molar-refractivity contribution is 0.262. The minimum Gasteiger partial charge on any atom is -0.475 e. The fourth-order valence-corrected chi connectivity index (χ4v) is 5.26. The maximum absolute atomic E-state index is 13.4. The van der Waals surface area contributed by atoms with Crippen molar-refractivity contribution < 1.29 is 31.1 Å². The molecule has 3 N–H and O–H groups in total. The zero-order valence-electron chi connectivity index (χ0n) is 22.0. The van der Waals surface area contributed by atoms with Crippen LogP contribution in [-0.2, 0) is 27.7 Å². The van der Waals surface area contributed by atoms with Gasteiger partial charge in [-0.2, -0.15) is 0 Å². The second-order valence-electron chi connectivity index (χ2n) is 9.47. The summed E-state index contributed by atoms with van der Waals surface area (Å²) in [7, 11) is -4.06. The smallest absolute Gasteiger partial charge is 0.323 e. The van der Waals surface area contributed by atoms with Crippen molar-refractivity contribution in [3.8, 4) is 0 Å². The number of hydrogen-bond donors (Lipinski definition) is 3. The van der Waals surface area contributed by atoms with Gasteiger partial charge in [0.05, 0.1) is 10.9 Å². The quantitative estimate of drug-likeness (QED) is 0.219. The van der Waals surface area contributed by atoms with Crippen molar-refractivity contribution >= 4 is 33.3 Å². The van der Waals surface area contributed by atoms with Crippen LogP contribution in [0.4, 0.5) is 29.3 Å². The zero-order chi connectivity index (χ0) is 29.7. The molecule has 0 aliphatic carbocycles. The van der Waals surface area contributed by atoms with Gasteiger partial charge in [-0.1, -0.05) is 30.3 Å². The van der Waals surface area contributed by atoms with Crippen LogP contribution in [0.25, 0.3) is 0 Å². The molecule has 4 aromatic rings. The number of halogens is 3. The van der Waals surface area contributed by atoms with E-state index in [0.717, 1.165) is 12.0 Å². The van der Waals surface area contributed by atoms with E-state index < -0.39 is 40.1 Å². The van der Waals surface area contributed by atoms with Gasteiger partial charge in [-0.25, -0.2) is 36.1 Å². The molecule has 8 nitrogen and oxygen atoms in total. The van der Waals surface area contributed by atoms with Crippen LogP contribution in [0.5, 0.6) is 0 Å². The molecule has 0 spiro atoms. The molecule has 1 heterocycles. The Morgan fingerprint density at radius 3 is 2.05 bits per heavy atom. The molecule has 216 valence electrons. The summed E-state index contributed by atoms with van der Waals surface area (Å²) in [5, 5.41) is 5.31. The summed E-state index contributed by atoms with van der Waals surface area (Å²) >= 11 is 0. The Bertz CT molecular complexity index is 1690. The second kappa shape index (κ2) is 12.5. The van der Waals surface area contributed by atoms with Gasteiger partial charge >= 0.3 is 6.03 Å². The molecule has 0 unspecified atom stereocenters. The molecular weight excluding hydrogens is 569 g/mol. The molecule has 0 bridgehead atoms. The van der Waals surface area contributed by atoms with Gasteiger partial charge in [0, 0.05) is 23.5 Å². The van der Waals surface area contributed by atoms with Crippen molar-refractivity contribution in [2.45, 2.75) is 23.9 Å². The van der Waals surface area contributed by atoms with Crippen LogP contribution >= 0.6 is 0 Å². The van der Waals surface area contributed by atoms with E-state index >= 15 is 0 Å². The number of nitrogens with zero attached hydrogens (tertiary/aromatic N) is 1. The van der Waals surface area contributed by atoms with Gasteiger partial charge in [-0.15, -0.1) is 0 Å². The van der Waals surface area contributed by atoms with E-state index in [2.05, 4.69) is 32.5 Å². The average molecular weight is 595 g/mol. The van der Waals surface area contributed by atoms with E-state index in [4.69, 9.17) is 4.74 Å². The van der Waals surface area contributed by atoms with Crippen molar-refractivity contribution in [3.63, 3.8) is 0 Å². The van der Waals surface area contributed by atoms with Crippen molar-refractivity contribution in [2.24, 2.45) is 4.99 Å². The Balaban J connectivity index is 1.13. The zero-order valence-corrected chi connectivity index (χ0v) is 22.8. The third kappa shape index (κ3) is 7.14. The molecule has 0 fully saturated rings. The third-order valence-electron chi connectivity index (χ3n) is 6.35. The van der Waals surface area contributed by atoms with E-state index in [0.29, 0.717) is 36.0 Å². The number of sulfonamides is 1. The lowest BCUT2D eigenvalue weighted by Crippen LogP contribution is -2.23. The van der Waals surface area contributed by atoms with Gasteiger partial charge in [0.15, 0.2) is 17.5 Å². The monoisotopic (exact) mass is 594 g/mol. The number of nitrogens with one attached hydrogen (secondary N) is 3. The number of ether oxygens (including phenoxy) is 1. The molecule has 42 heavy (non-hydrogen) atoms. The highest BCUT2D eigenvalue weighted by atomic mass is 32.2. The molecular formula is C30H25F3N4O4S. The molecule has 0 saturated carbocycles. The lowest BCUT2D eigenvalue weighted by atomic mass is 10.1. The largest absolute Gasteiger partial charge is 0.475 e. The summed E-state index contributed by atoms with van der Waals surface area (Å²) in [5.74, 6) is -3.92. The first-order valence-electron chi connectivity index (χ1n) is 12.8. The molecule has 0 saturated heterocycles. The van der Waals surface area contributed by atoms with Gasteiger partial charge in [-0.3, -0.25) is 0 Å². The normalized spacial score (nSPS) is 14.6. The fourth-order valence-electron chi connectivity index (χ4n) is 4.24. The minimum atomic E-state index is -4.06. The highest BCUT2D eigenvalue weighted by Gasteiger charge is 2.21. The number of hydrogen-bond acceptors (Lipinski definition) is 5. The van der Waals surface area contributed by atoms with Crippen molar-refractivity contribution in [1.29, 1.82) is 0 Å². The molecule has 0 aromatic heterocycles. The summed E-state index contributed by atoms with van der Waals surface area (Å²) in [5.41, 5.74) is 2.73. The predicted octanol–water partition coefficient (Wildman–Crippen LogP) is 5.61. The van der Waals surface area contributed by atoms with Crippen molar-refractivity contribution in [3.05, 3.63) is 125 Å². The molecule has 2 amide bonds. The highest BCUT2D eigenvalue weighted by Crippen LogP contribution is 2.20. The van der Waals surface area contributed by atoms with Gasteiger partial charge in [-0.05, 0) is 78.2 Å². The average Bonchev–Trinajstić information content (AvgIpc) is 3.44. The number of rotatable bonds is 9. The Kier molecular flexibility index (Phi) is 8.55. The van der Waals surface area contributed by atoms with Crippen LogP contribution in [-0.4, -0.2) is 33.0 Å². The summed E-state index contributed by atoms with van der Waals surface area (Å²) in [6.45, 7) is 0.0440. The number of urea groups is 1. The maximum Gasteiger partial charge on any atom is 0.323 e. The third-order valence-corrected chi connectivity index (χ3v) is 7.77. The molecule has 1 atom stereocenters. The number of carbonyl (C=O) groups is 1. The SMILES string of the molecule is O=C(Nc1ccc(C2=N[C@@H](Cc3ccccc3)CO2)cc1)Nc1ccc(S(=O)(=O)NCc2cc(F)c(F)c(F)c2)cc1. The van der Waals surface area contributed by atoms with E-state index in [-0.39, 0.29) is 16.5 Å². The molecule has 0 radical (unpaired) electrons. The van der Waals surface area contributed by atoms with Crippen molar-refractivity contribution in [1.82, 2.24) is 4.72 Å². The summed E-state index contributed by atoms with van der Waals surface area (Å²) < 4.78 is 72.9. The first-order chi connectivity index (χ1) is 20.2. The Morgan fingerprint density at radius 2 is 1.43 bits per heavy atom. The fraction of sp³-hybridized carbons (Fsp3) is 0.133. The Hall–Kier alpha value is -4.68. The summed E-state index contributed by atoms with van der Waals surface area (Å²) in [6, 6.07) is 23.3. The second-order valence-corrected chi connectivity index (χ2v) is 11.2. The van der Waals surface area contributed by atoms with E-state index in [1.54, 1.807) is 24.3 Å². The van der Waals surface area contributed by atoms with Gasteiger partial charge in [0.25, 0.3) is 0 Å². The number of aliphatic imine (C=N–C) groups is 1. The minimum absolute atomic E-state index is 0.0343. The van der Waals surface area contributed by atoms with E-state index in [9.17, 15) is 26.4 Å². The van der Waals surface area contributed by atoms with Crippen LogP contribution in [0.3, 0.4) is 0 Å². The predicted molar refractivity (Wildman–Crippen MR) is 152 cm³/mol. The topological polar surface area (TPSA) is 109 Å². The summed E-state index contributed by atoms with van der Waals surface area (Å²) in [4.78, 5) is 17.0. The van der Waals surface area contributed by atoms with Crippen LogP contribution in [0.1, 0.15) is 16.7 Å². The molecule has 4 aromatic carbocycles. The van der Waals surface area contributed by atoms with Crippen LogP contribution in [0, 0.1) is 17.5 Å². The number of benzene rings is 4. The standard InChI is InChI=1S/C30H25F3N4O4S/c31-26-15-20(16-27(32)28(26)33)17-34-42(39,40)25-12-10-23(11-13-25)37-30(38)36-22-8-6-21(7-9-22)29-35-24(18-41-29)14-19-4-2-1-3-5-19/h1-13,15-16,24,34H,14,17-18H2,(H2,36,37,38)/t24-/m0/s1. The van der Waals surface area contributed by atoms with Gasteiger partial charge in [0.1, 0.15) is 6.61 Å².